The Kier molecular flexibility index (Phi) is 5.73. The molecule has 1 atom stereocenters. The van der Waals surface area contributed by atoms with E-state index in [0.29, 0.717) is 24.4 Å². The van der Waals surface area contributed by atoms with E-state index in [0.717, 1.165) is 12.8 Å². The predicted octanol–water partition coefficient (Wildman–Crippen LogP) is 1.25. The number of nitrogens with one attached hydrogen (secondary N) is 1. The Labute approximate surface area is 135 Å². The van der Waals surface area contributed by atoms with Gasteiger partial charge >= 0.3 is 0 Å². The molecule has 1 aromatic rings. The topological polar surface area (TPSA) is 75.7 Å². The van der Waals surface area contributed by atoms with Gasteiger partial charge in [-0.05, 0) is 31.9 Å². The Morgan fingerprint density at radius 3 is 2.83 bits per heavy atom. The van der Waals surface area contributed by atoms with E-state index in [2.05, 4.69) is 5.32 Å². The highest BCUT2D eigenvalue weighted by molar-refractivity contribution is 5.94. The van der Waals surface area contributed by atoms with Gasteiger partial charge in [-0.1, -0.05) is 12.1 Å². The Hall–Kier alpha value is -2.37. The number of ketones is 1. The number of hydrogen-bond acceptors (Lipinski definition) is 4. The number of ether oxygens (including phenoxy) is 1. The molecule has 1 aliphatic rings. The molecule has 0 aromatic heterocycles. The molecule has 1 N–H and O–H groups in total. The van der Waals surface area contributed by atoms with E-state index in [1.54, 1.807) is 36.2 Å². The van der Waals surface area contributed by atoms with E-state index in [1.807, 2.05) is 0 Å². The SMILES string of the molecule is CNC(=O)C1CCCN(C(=O)COc2cccc(C(C)=O)c2)C1. The maximum atomic E-state index is 12.2. The second-order valence-corrected chi connectivity index (χ2v) is 5.67. The van der Waals surface area contributed by atoms with Crippen LogP contribution in [0.5, 0.6) is 5.75 Å². The average Bonchev–Trinajstić information content (AvgIpc) is 2.59. The summed E-state index contributed by atoms with van der Waals surface area (Å²) >= 11 is 0. The first-order valence-electron chi connectivity index (χ1n) is 7.74. The molecule has 0 aliphatic carbocycles. The van der Waals surface area contributed by atoms with Crippen molar-refractivity contribution in [3.05, 3.63) is 29.8 Å². The van der Waals surface area contributed by atoms with Gasteiger partial charge in [0.15, 0.2) is 12.4 Å². The maximum absolute atomic E-state index is 12.2. The fourth-order valence-corrected chi connectivity index (χ4v) is 2.66. The van der Waals surface area contributed by atoms with Crippen LogP contribution in [0.1, 0.15) is 30.1 Å². The summed E-state index contributed by atoms with van der Waals surface area (Å²) in [6.07, 6.45) is 1.61. The third-order valence-corrected chi connectivity index (χ3v) is 3.99. The summed E-state index contributed by atoms with van der Waals surface area (Å²) in [6.45, 7) is 2.46. The molecular weight excluding hydrogens is 296 g/mol. The fourth-order valence-electron chi connectivity index (χ4n) is 2.66. The quantitative estimate of drug-likeness (QED) is 0.829. The minimum absolute atomic E-state index is 0.0300. The van der Waals surface area contributed by atoms with E-state index < -0.39 is 0 Å². The van der Waals surface area contributed by atoms with Crippen LogP contribution in [0.3, 0.4) is 0 Å². The van der Waals surface area contributed by atoms with Gasteiger partial charge < -0.3 is 15.0 Å². The summed E-state index contributed by atoms with van der Waals surface area (Å²) in [4.78, 5) is 37.0. The first kappa shape index (κ1) is 17.0. The van der Waals surface area contributed by atoms with Crippen LogP contribution < -0.4 is 10.1 Å². The van der Waals surface area contributed by atoms with Gasteiger partial charge in [-0.3, -0.25) is 14.4 Å². The number of hydrogen-bond donors (Lipinski definition) is 1. The predicted molar refractivity (Wildman–Crippen MR) is 85.3 cm³/mol. The third kappa shape index (κ3) is 4.55. The molecule has 2 rings (SSSR count). The molecule has 2 amide bonds. The van der Waals surface area contributed by atoms with Crippen LogP contribution in [0.25, 0.3) is 0 Å². The maximum Gasteiger partial charge on any atom is 0.260 e. The normalized spacial score (nSPS) is 17.5. The summed E-state index contributed by atoms with van der Waals surface area (Å²) in [7, 11) is 1.61. The lowest BCUT2D eigenvalue weighted by Gasteiger charge is -2.31. The summed E-state index contributed by atoms with van der Waals surface area (Å²) < 4.78 is 5.49. The van der Waals surface area contributed by atoms with Crippen LogP contribution in [0.4, 0.5) is 0 Å². The standard InChI is InChI=1S/C17H22N2O4/c1-12(20)13-5-3-7-15(9-13)23-11-16(21)19-8-4-6-14(10-19)17(22)18-2/h3,5,7,9,14H,4,6,8,10-11H2,1-2H3,(H,18,22). The summed E-state index contributed by atoms with van der Waals surface area (Å²) in [5.41, 5.74) is 0.549. The smallest absolute Gasteiger partial charge is 0.260 e. The Morgan fingerprint density at radius 1 is 1.35 bits per heavy atom. The first-order valence-corrected chi connectivity index (χ1v) is 7.74. The molecule has 0 bridgehead atoms. The highest BCUT2D eigenvalue weighted by Crippen LogP contribution is 2.18. The molecule has 1 saturated heterocycles. The van der Waals surface area contributed by atoms with Crippen molar-refractivity contribution in [3.63, 3.8) is 0 Å². The van der Waals surface area contributed by atoms with Crippen molar-refractivity contribution in [2.75, 3.05) is 26.7 Å². The van der Waals surface area contributed by atoms with Crippen LogP contribution in [-0.2, 0) is 9.59 Å². The molecule has 124 valence electrons. The van der Waals surface area contributed by atoms with Gasteiger partial charge in [-0.15, -0.1) is 0 Å². The van der Waals surface area contributed by atoms with Gasteiger partial charge in [0, 0.05) is 25.7 Å². The van der Waals surface area contributed by atoms with Crippen LogP contribution in [0.15, 0.2) is 24.3 Å². The number of likely N-dealkylation sites (tertiary alicyclic amines) is 1. The number of amides is 2. The average molecular weight is 318 g/mol. The van der Waals surface area contributed by atoms with Crippen molar-refractivity contribution in [1.82, 2.24) is 10.2 Å². The molecule has 0 radical (unpaired) electrons. The van der Waals surface area contributed by atoms with E-state index in [9.17, 15) is 14.4 Å². The van der Waals surface area contributed by atoms with Crippen molar-refractivity contribution in [2.24, 2.45) is 5.92 Å². The van der Waals surface area contributed by atoms with Crippen molar-refractivity contribution in [1.29, 1.82) is 0 Å². The highest BCUT2D eigenvalue weighted by atomic mass is 16.5. The van der Waals surface area contributed by atoms with Gasteiger partial charge in [0.25, 0.3) is 5.91 Å². The molecule has 6 nitrogen and oxygen atoms in total. The molecule has 0 spiro atoms. The van der Waals surface area contributed by atoms with Crippen molar-refractivity contribution in [2.45, 2.75) is 19.8 Å². The molecule has 1 heterocycles. The molecule has 0 saturated carbocycles. The number of carbonyl (C=O) groups excluding carboxylic acids is 3. The van der Waals surface area contributed by atoms with Gasteiger partial charge in [-0.25, -0.2) is 0 Å². The highest BCUT2D eigenvalue weighted by Gasteiger charge is 2.27. The van der Waals surface area contributed by atoms with E-state index in [1.165, 1.54) is 6.92 Å². The number of carbonyl (C=O) groups is 3. The minimum atomic E-state index is -0.154. The molecule has 23 heavy (non-hydrogen) atoms. The lowest BCUT2D eigenvalue weighted by atomic mass is 9.97. The zero-order chi connectivity index (χ0) is 16.8. The van der Waals surface area contributed by atoms with Crippen molar-refractivity contribution >= 4 is 17.6 Å². The zero-order valence-corrected chi connectivity index (χ0v) is 13.5. The zero-order valence-electron chi connectivity index (χ0n) is 13.5. The van der Waals surface area contributed by atoms with E-state index in [-0.39, 0.29) is 30.1 Å². The summed E-state index contributed by atoms with van der Waals surface area (Å²) in [5, 5.41) is 2.63. The number of benzene rings is 1. The van der Waals surface area contributed by atoms with Crippen LogP contribution in [0, 0.1) is 5.92 Å². The second-order valence-electron chi connectivity index (χ2n) is 5.67. The number of Topliss-reactive ketones (excluding diaryl/α,β-unsaturated/α-hetero) is 1. The van der Waals surface area contributed by atoms with Gasteiger partial charge in [0.2, 0.25) is 5.91 Å². The fraction of sp³-hybridized carbons (Fsp3) is 0.471. The van der Waals surface area contributed by atoms with Gasteiger partial charge in [0.1, 0.15) is 5.75 Å². The van der Waals surface area contributed by atoms with Gasteiger partial charge in [-0.2, -0.15) is 0 Å². The molecule has 6 heteroatoms. The number of nitrogens with zero attached hydrogens (tertiary/aromatic N) is 1. The largest absolute Gasteiger partial charge is 0.484 e. The Bertz CT molecular complexity index is 600. The molecule has 1 unspecified atom stereocenters. The molecular formula is C17H22N2O4. The van der Waals surface area contributed by atoms with Crippen molar-refractivity contribution < 1.29 is 19.1 Å². The van der Waals surface area contributed by atoms with Gasteiger partial charge in [0.05, 0.1) is 5.92 Å². The lowest BCUT2D eigenvalue weighted by Crippen LogP contribution is -2.46. The van der Waals surface area contributed by atoms with E-state index in [4.69, 9.17) is 4.74 Å². The van der Waals surface area contributed by atoms with E-state index >= 15 is 0 Å². The number of rotatable bonds is 5. The van der Waals surface area contributed by atoms with Crippen LogP contribution >= 0.6 is 0 Å². The first-order chi connectivity index (χ1) is 11.0. The van der Waals surface area contributed by atoms with Crippen LogP contribution in [-0.4, -0.2) is 49.2 Å². The minimum Gasteiger partial charge on any atom is -0.484 e. The lowest BCUT2D eigenvalue weighted by molar-refractivity contribution is -0.137. The monoisotopic (exact) mass is 318 g/mol. The summed E-state index contributed by atoms with van der Waals surface area (Å²) in [5.74, 6) is 0.111. The Balaban J connectivity index is 1.90. The molecule has 1 aliphatic heterocycles. The summed E-state index contributed by atoms with van der Waals surface area (Å²) in [6, 6.07) is 6.76. The molecule has 1 fully saturated rings. The second kappa shape index (κ2) is 7.76. The molecule has 1 aromatic carbocycles. The number of piperidine rings is 1. The van der Waals surface area contributed by atoms with Crippen LogP contribution in [0.2, 0.25) is 0 Å². The third-order valence-electron chi connectivity index (χ3n) is 3.99. The Morgan fingerprint density at radius 2 is 2.13 bits per heavy atom. The van der Waals surface area contributed by atoms with Crippen molar-refractivity contribution in [3.8, 4) is 5.75 Å².